The van der Waals surface area contributed by atoms with E-state index < -0.39 is 0 Å². The number of rotatable bonds is 6. The zero-order valence-corrected chi connectivity index (χ0v) is 22.1. The Balaban J connectivity index is 1.50. The van der Waals surface area contributed by atoms with Crippen molar-refractivity contribution in [2.24, 2.45) is 17.8 Å². The van der Waals surface area contributed by atoms with Gasteiger partial charge in [0.15, 0.2) is 0 Å². The van der Waals surface area contributed by atoms with Gasteiger partial charge in [0.1, 0.15) is 5.82 Å². The lowest BCUT2D eigenvalue weighted by atomic mass is 9.66. The Bertz CT molecular complexity index is 743. The molecular formula is C30H49ClN2. The second-order valence-corrected chi connectivity index (χ2v) is 12.5. The van der Waals surface area contributed by atoms with Gasteiger partial charge >= 0.3 is 0 Å². The molecule has 4 aliphatic rings. The third-order valence-electron chi connectivity index (χ3n) is 10.2. The molecule has 0 radical (unpaired) electrons. The summed E-state index contributed by atoms with van der Waals surface area (Å²) in [7, 11) is 0. The molecule has 4 aliphatic carbocycles. The van der Waals surface area contributed by atoms with E-state index in [0.29, 0.717) is 5.92 Å². The van der Waals surface area contributed by atoms with Crippen LogP contribution in [0.5, 0.6) is 0 Å². The van der Waals surface area contributed by atoms with Crippen LogP contribution in [0.4, 0.5) is 0 Å². The molecule has 3 heteroatoms. The first-order chi connectivity index (χ1) is 16.3. The topological polar surface area (TPSA) is 17.8 Å². The summed E-state index contributed by atoms with van der Waals surface area (Å²) in [5.74, 6) is 7.08. The van der Waals surface area contributed by atoms with E-state index in [-0.39, 0.29) is 0 Å². The van der Waals surface area contributed by atoms with Gasteiger partial charge in [-0.15, -0.1) is 11.6 Å². The first kappa shape index (κ1) is 24.2. The number of nitrogens with zero attached hydrogens (tertiary/aromatic N) is 2. The molecule has 0 spiro atoms. The Morgan fingerprint density at radius 1 is 0.758 bits per heavy atom. The maximum atomic E-state index is 6.37. The largest absolute Gasteiger partial charge is 0.332 e. The Labute approximate surface area is 208 Å². The summed E-state index contributed by atoms with van der Waals surface area (Å²) in [5.41, 5.74) is 3.29. The average molecular weight is 473 g/mol. The molecule has 0 N–H and O–H groups in total. The summed E-state index contributed by atoms with van der Waals surface area (Å²) in [4.78, 5) is 5.72. The molecule has 1 aromatic rings. The first-order valence-electron chi connectivity index (χ1n) is 15.0. The number of alkyl halides is 1. The van der Waals surface area contributed by atoms with Gasteiger partial charge in [0.05, 0.1) is 5.69 Å². The minimum atomic E-state index is 0.692. The third kappa shape index (κ3) is 5.22. The number of imidazole rings is 1. The van der Waals surface area contributed by atoms with Gasteiger partial charge in [0.2, 0.25) is 0 Å². The molecule has 4 atom stereocenters. The molecule has 4 unspecified atom stereocenters. The van der Waals surface area contributed by atoms with Crippen LogP contribution in [0.1, 0.15) is 157 Å². The maximum Gasteiger partial charge on any atom is 0.112 e. The van der Waals surface area contributed by atoms with Crippen LogP contribution in [-0.4, -0.2) is 15.4 Å². The molecule has 2 nitrogen and oxygen atoms in total. The second kappa shape index (κ2) is 11.5. The molecule has 0 amide bonds. The number of halogens is 1. The van der Waals surface area contributed by atoms with Crippen molar-refractivity contribution >= 4 is 11.6 Å². The molecule has 5 rings (SSSR count). The van der Waals surface area contributed by atoms with Gasteiger partial charge in [-0.25, -0.2) is 4.98 Å². The summed E-state index contributed by atoms with van der Waals surface area (Å²) in [5, 5.41) is 0. The van der Waals surface area contributed by atoms with Crippen LogP contribution in [0, 0.1) is 17.8 Å². The van der Waals surface area contributed by atoms with Crippen molar-refractivity contribution in [2.45, 2.75) is 147 Å². The lowest BCUT2D eigenvalue weighted by molar-refractivity contribution is 0.140. The molecule has 1 aromatic heterocycles. The van der Waals surface area contributed by atoms with E-state index in [2.05, 4.69) is 11.5 Å². The van der Waals surface area contributed by atoms with Gasteiger partial charge < -0.3 is 4.57 Å². The average Bonchev–Trinajstić information content (AvgIpc) is 3.29. The van der Waals surface area contributed by atoms with Crippen LogP contribution in [0.15, 0.2) is 0 Å². The van der Waals surface area contributed by atoms with Gasteiger partial charge in [0.25, 0.3) is 0 Å². The SMILES string of the molecule is CCn1c(C2CCCCC2C2CCCC(CCl)C2)nc(C2CCCCC2)c1C1CCCCC1. The van der Waals surface area contributed by atoms with Crippen molar-refractivity contribution in [1.29, 1.82) is 0 Å². The molecule has 186 valence electrons. The van der Waals surface area contributed by atoms with Crippen molar-refractivity contribution in [1.82, 2.24) is 9.55 Å². The normalized spacial score (nSPS) is 32.8. The zero-order chi connectivity index (χ0) is 22.6. The second-order valence-electron chi connectivity index (χ2n) is 12.2. The van der Waals surface area contributed by atoms with E-state index in [4.69, 9.17) is 16.6 Å². The molecule has 0 aromatic carbocycles. The molecule has 4 fully saturated rings. The molecule has 1 heterocycles. The van der Waals surface area contributed by atoms with Gasteiger partial charge in [-0.1, -0.05) is 64.2 Å². The Morgan fingerprint density at radius 3 is 2.12 bits per heavy atom. The van der Waals surface area contributed by atoms with E-state index in [9.17, 15) is 0 Å². The highest BCUT2D eigenvalue weighted by Crippen LogP contribution is 2.49. The summed E-state index contributed by atoms with van der Waals surface area (Å²) < 4.78 is 2.80. The minimum absolute atomic E-state index is 0.692. The maximum absolute atomic E-state index is 6.37. The van der Waals surface area contributed by atoms with Crippen molar-refractivity contribution < 1.29 is 0 Å². The van der Waals surface area contributed by atoms with Crippen molar-refractivity contribution in [3.8, 4) is 0 Å². The highest BCUT2D eigenvalue weighted by molar-refractivity contribution is 6.18. The monoisotopic (exact) mass is 472 g/mol. The molecule has 4 saturated carbocycles. The van der Waals surface area contributed by atoms with Crippen LogP contribution in [0.25, 0.3) is 0 Å². The van der Waals surface area contributed by atoms with Gasteiger partial charge in [-0.3, -0.25) is 0 Å². The van der Waals surface area contributed by atoms with Crippen LogP contribution < -0.4 is 0 Å². The smallest absolute Gasteiger partial charge is 0.112 e. The number of aromatic nitrogens is 2. The van der Waals surface area contributed by atoms with E-state index in [1.807, 2.05) is 0 Å². The highest BCUT2D eigenvalue weighted by atomic mass is 35.5. The van der Waals surface area contributed by atoms with Crippen molar-refractivity contribution in [3.63, 3.8) is 0 Å². The zero-order valence-electron chi connectivity index (χ0n) is 21.4. The van der Waals surface area contributed by atoms with Gasteiger partial charge in [0, 0.05) is 35.9 Å². The van der Waals surface area contributed by atoms with E-state index in [0.717, 1.165) is 42.0 Å². The molecule has 0 saturated heterocycles. The van der Waals surface area contributed by atoms with Crippen LogP contribution in [0.2, 0.25) is 0 Å². The Hall–Kier alpha value is -0.500. The van der Waals surface area contributed by atoms with Crippen LogP contribution in [0.3, 0.4) is 0 Å². The summed E-state index contributed by atoms with van der Waals surface area (Å²) in [6.45, 7) is 3.53. The number of hydrogen-bond acceptors (Lipinski definition) is 1. The minimum Gasteiger partial charge on any atom is -0.332 e. The molecule has 33 heavy (non-hydrogen) atoms. The van der Waals surface area contributed by atoms with E-state index in [1.54, 1.807) is 11.4 Å². The standard InChI is InChI=1S/C30H49ClN2/c1-2-33-29(24-15-7-4-8-16-24)28(23-13-5-3-6-14-23)32-30(33)27-19-10-9-18-26(27)25-17-11-12-22(20-25)21-31/h22-27H,2-21H2,1H3. The lowest BCUT2D eigenvalue weighted by Gasteiger charge is -2.40. The predicted molar refractivity (Wildman–Crippen MR) is 140 cm³/mol. The Kier molecular flexibility index (Phi) is 8.43. The van der Waals surface area contributed by atoms with E-state index in [1.165, 1.54) is 121 Å². The lowest BCUT2D eigenvalue weighted by Crippen LogP contribution is -2.31. The van der Waals surface area contributed by atoms with Crippen LogP contribution >= 0.6 is 11.6 Å². The molecule has 0 bridgehead atoms. The fourth-order valence-corrected chi connectivity index (χ4v) is 8.79. The molecular weight excluding hydrogens is 424 g/mol. The van der Waals surface area contributed by atoms with Crippen LogP contribution in [-0.2, 0) is 6.54 Å². The van der Waals surface area contributed by atoms with Crippen molar-refractivity contribution in [2.75, 3.05) is 5.88 Å². The first-order valence-corrected chi connectivity index (χ1v) is 15.5. The molecule has 0 aliphatic heterocycles. The fourth-order valence-electron chi connectivity index (χ4n) is 8.51. The summed E-state index contributed by atoms with van der Waals surface area (Å²) >= 11 is 6.37. The Morgan fingerprint density at radius 2 is 1.42 bits per heavy atom. The van der Waals surface area contributed by atoms with Gasteiger partial charge in [-0.05, 0) is 76.0 Å². The summed E-state index contributed by atoms with van der Waals surface area (Å²) in [6, 6.07) is 0. The quantitative estimate of drug-likeness (QED) is 0.377. The number of hydrogen-bond donors (Lipinski definition) is 0. The predicted octanol–water partition coefficient (Wildman–Crippen LogP) is 9.32. The highest BCUT2D eigenvalue weighted by Gasteiger charge is 2.39. The van der Waals surface area contributed by atoms with Crippen molar-refractivity contribution in [3.05, 3.63) is 17.2 Å². The van der Waals surface area contributed by atoms with E-state index >= 15 is 0 Å². The fraction of sp³-hybridized carbons (Fsp3) is 0.900. The van der Waals surface area contributed by atoms with Gasteiger partial charge in [-0.2, -0.15) is 0 Å². The summed E-state index contributed by atoms with van der Waals surface area (Å²) in [6.07, 6.45) is 25.3. The third-order valence-corrected chi connectivity index (χ3v) is 10.6.